The summed E-state index contributed by atoms with van der Waals surface area (Å²) < 4.78 is 0. The summed E-state index contributed by atoms with van der Waals surface area (Å²) in [7, 11) is 0. The molecule has 1 aliphatic heterocycles. The molecule has 1 saturated heterocycles. The van der Waals surface area contributed by atoms with Crippen LogP contribution in [0.2, 0.25) is 0 Å². The third-order valence-corrected chi connectivity index (χ3v) is 4.55. The Morgan fingerprint density at radius 3 is 2.93 bits per heavy atom. The number of rotatable bonds is 4. The molecule has 0 radical (unpaired) electrons. The van der Waals surface area contributed by atoms with Crippen LogP contribution in [0, 0.1) is 0 Å². The fourth-order valence-electron chi connectivity index (χ4n) is 2.61. The van der Waals surface area contributed by atoms with Crippen molar-refractivity contribution < 1.29 is 0 Å². The molecule has 2 N–H and O–H groups in total. The van der Waals surface area contributed by atoms with Crippen LogP contribution in [0.4, 0.5) is 0 Å². The molecule has 3 atom stereocenters. The molecule has 1 saturated carbocycles. The van der Waals surface area contributed by atoms with E-state index < -0.39 is 0 Å². The molecule has 0 amide bonds. The molecular formula is C11H22N2S. The van der Waals surface area contributed by atoms with Gasteiger partial charge in [-0.15, -0.1) is 0 Å². The van der Waals surface area contributed by atoms with Crippen LogP contribution >= 0.6 is 11.8 Å². The molecule has 1 heterocycles. The number of thioether (sulfide) groups is 1. The first-order valence-electron chi connectivity index (χ1n) is 5.97. The fourth-order valence-corrected chi connectivity index (χ4v) is 3.75. The summed E-state index contributed by atoms with van der Waals surface area (Å²) in [5, 5.41) is 8.14. The molecule has 0 aromatic carbocycles. The Labute approximate surface area is 91.6 Å². The second kappa shape index (κ2) is 5.38. The van der Waals surface area contributed by atoms with Crippen LogP contribution < -0.4 is 10.6 Å². The number of nitrogens with one attached hydrogen (secondary N) is 2. The van der Waals surface area contributed by atoms with E-state index in [1.165, 1.54) is 44.5 Å². The molecule has 82 valence electrons. The summed E-state index contributed by atoms with van der Waals surface area (Å²) in [6.45, 7) is 4.66. The Hall–Kier alpha value is 0.270. The molecule has 0 bridgehead atoms. The Bertz CT molecular complexity index is 169. The standard InChI is InChI=1S/C11H22N2S/c1-2-14-11-4-3-9(7-11)13-10-5-6-12-8-10/h9-13H,2-8H2,1H3. The molecule has 14 heavy (non-hydrogen) atoms. The minimum Gasteiger partial charge on any atom is -0.315 e. The van der Waals surface area contributed by atoms with Crippen molar-refractivity contribution in [3.05, 3.63) is 0 Å². The first-order valence-corrected chi connectivity index (χ1v) is 7.01. The lowest BCUT2D eigenvalue weighted by molar-refractivity contribution is 0.450. The van der Waals surface area contributed by atoms with Gasteiger partial charge in [0.25, 0.3) is 0 Å². The Kier molecular flexibility index (Phi) is 4.14. The van der Waals surface area contributed by atoms with Gasteiger partial charge in [-0.05, 0) is 38.0 Å². The highest BCUT2D eigenvalue weighted by Gasteiger charge is 2.27. The molecule has 1 aliphatic carbocycles. The van der Waals surface area contributed by atoms with E-state index in [-0.39, 0.29) is 0 Å². The highest BCUT2D eigenvalue weighted by molar-refractivity contribution is 7.99. The summed E-state index contributed by atoms with van der Waals surface area (Å²) >= 11 is 2.14. The van der Waals surface area contributed by atoms with Gasteiger partial charge >= 0.3 is 0 Å². The van der Waals surface area contributed by atoms with Gasteiger partial charge in [0.1, 0.15) is 0 Å². The van der Waals surface area contributed by atoms with Crippen LogP contribution in [0.3, 0.4) is 0 Å². The summed E-state index contributed by atoms with van der Waals surface area (Å²) in [5.74, 6) is 1.28. The van der Waals surface area contributed by atoms with Gasteiger partial charge in [0.2, 0.25) is 0 Å². The van der Waals surface area contributed by atoms with Crippen LogP contribution in [0.25, 0.3) is 0 Å². The second-order valence-electron chi connectivity index (χ2n) is 4.44. The Balaban J connectivity index is 1.67. The largest absolute Gasteiger partial charge is 0.315 e. The lowest BCUT2D eigenvalue weighted by Gasteiger charge is -2.17. The van der Waals surface area contributed by atoms with Crippen LogP contribution in [-0.4, -0.2) is 36.2 Å². The predicted octanol–water partition coefficient (Wildman–Crippen LogP) is 1.61. The second-order valence-corrected chi connectivity index (χ2v) is 6.02. The van der Waals surface area contributed by atoms with E-state index in [4.69, 9.17) is 0 Å². The van der Waals surface area contributed by atoms with E-state index in [9.17, 15) is 0 Å². The zero-order chi connectivity index (χ0) is 9.80. The van der Waals surface area contributed by atoms with Gasteiger partial charge in [0, 0.05) is 23.9 Å². The number of hydrogen-bond donors (Lipinski definition) is 2. The molecule has 0 aromatic rings. The van der Waals surface area contributed by atoms with Gasteiger partial charge in [-0.2, -0.15) is 11.8 Å². The van der Waals surface area contributed by atoms with Gasteiger partial charge in [-0.25, -0.2) is 0 Å². The smallest absolute Gasteiger partial charge is 0.0207 e. The van der Waals surface area contributed by atoms with Gasteiger partial charge in [-0.3, -0.25) is 0 Å². The predicted molar refractivity (Wildman–Crippen MR) is 64.0 cm³/mol. The maximum atomic E-state index is 3.79. The van der Waals surface area contributed by atoms with E-state index in [0.29, 0.717) is 0 Å². The zero-order valence-electron chi connectivity index (χ0n) is 9.09. The summed E-state index contributed by atoms with van der Waals surface area (Å²) in [4.78, 5) is 0. The van der Waals surface area contributed by atoms with Crippen LogP contribution in [-0.2, 0) is 0 Å². The molecule has 3 heteroatoms. The maximum absolute atomic E-state index is 3.79. The maximum Gasteiger partial charge on any atom is 0.0207 e. The van der Waals surface area contributed by atoms with Crippen molar-refractivity contribution in [3.8, 4) is 0 Å². The number of hydrogen-bond acceptors (Lipinski definition) is 3. The van der Waals surface area contributed by atoms with Crippen molar-refractivity contribution in [2.24, 2.45) is 0 Å². The van der Waals surface area contributed by atoms with Crippen LogP contribution in [0.15, 0.2) is 0 Å². The molecule has 3 unspecified atom stereocenters. The van der Waals surface area contributed by atoms with E-state index in [2.05, 4.69) is 29.3 Å². The SMILES string of the molecule is CCSC1CCC(NC2CCNC2)C1. The van der Waals surface area contributed by atoms with Crippen molar-refractivity contribution in [3.63, 3.8) is 0 Å². The van der Waals surface area contributed by atoms with E-state index in [1.54, 1.807) is 0 Å². The van der Waals surface area contributed by atoms with Crippen molar-refractivity contribution in [2.45, 2.75) is 49.9 Å². The summed E-state index contributed by atoms with van der Waals surface area (Å²) in [5.41, 5.74) is 0. The monoisotopic (exact) mass is 214 g/mol. The van der Waals surface area contributed by atoms with E-state index >= 15 is 0 Å². The summed E-state index contributed by atoms with van der Waals surface area (Å²) in [6, 6.07) is 1.56. The molecule has 2 rings (SSSR count). The highest BCUT2D eigenvalue weighted by atomic mass is 32.2. The third-order valence-electron chi connectivity index (χ3n) is 3.32. The fraction of sp³-hybridized carbons (Fsp3) is 1.00. The van der Waals surface area contributed by atoms with Crippen molar-refractivity contribution in [2.75, 3.05) is 18.8 Å². The third kappa shape index (κ3) is 2.88. The van der Waals surface area contributed by atoms with Crippen molar-refractivity contribution >= 4 is 11.8 Å². The lowest BCUT2D eigenvalue weighted by atomic mass is 10.2. The van der Waals surface area contributed by atoms with Gasteiger partial charge in [0.15, 0.2) is 0 Å². The molecule has 2 nitrogen and oxygen atoms in total. The molecule has 0 spiro atoms. The first-order chi connectivity index (χ1) is 6.88. The average molecular weight is 214 g/mol. The average Bonchev–Trinajstić information content (AvgIpc) is 2.79. The first kappa shape index (κ1) is 10.8. The Morgan fingerprint density at radius 1 is 1.29 bits per heavy atom. The topological polar surface area (TPSA) is 24.1 Å². The molecule has 2 aliphatic rings. The van der Waals surface area contributed by atoms with E-state index in [1.807, 2.05) is 0 Å². The van der Waals surface area contributed by atoms with Gasteiger partial charge in [-0.1, -0.05) is 6.92 Å². The van der Waals surface area contributed by atoms with E-state index in [0.717, 1.165) is 17.3 Å². The molecular weight excluding hydrogens is 192 g/mol. The quantitative estimate of drug-likeness (QED) is 0.743. The lowest BCUT2D eigenvalue weighted by Crippen LogP contribution is -2.38. The van der Waals surface area contributed by atoms with Gasteiger partial charge in [0.05, 0.1) is 0 Å². The zero-order valence-corrected chi connectivity index (χ0v) is 9.91. The van der Waals surface area contributed by atoms with Crippen LogP contribution in [0.5, 0.6) is 0 Å². The summed E-state index contributed by atoms with van der Waals surface area (Å²) in [6.07, 6.45) is 5.54. The van der Waals surface area contributed by atoms with Gasteiger partial charge < -0.3 is 10.6 Å². The minimum absolute atomic E-state index is 0.755. The highest BCUT2D eigenvalue weighted by Crippen LogP contribution is 2.30. The normalized spacial score (nSPS) is 37.9. The minimum atomic E-state index is 0.755. The Morgan fingerprint density at radius 2 is 2.21 bits per heavy atom. The molecule has 2 fully saturated rings. The van der Waals surface area contributed by atoms with Crippen molar-refractivity contribution in [1.82, 2.24) is 10.6 Å². The molecule has 0 aromatic heterocycles. The van der Waals surface area contributed by atoms with Crippen LogP contribution in [0.1, 0.15) is 32.6 Å². The van der Waals surface area contributed by atoms with Crippen molar-refractivity contribution in [1.29, 1.82) is 0 Å².